The molecular formula is C11H20O. The molecule has 0 aromatic heterocycles. The Morgan fingerprint density at radius 2 is 2.25 bits per heavy atom. The SMILES string of the molecule is CCCCC1CC=COC1(C)C. The van der Waals surface area contributed by atoms with Crippen molar-refractivity contribution < 1.29 is 4.74 Å². The van der Waals surface area contributed by atoms with Crippen molar-refractivity contribution in [1.82, 2.24) is 0 Å². The molecule has 0 N–H and O–H groups in total. The molecule has 0 saturated heterocycles. The van der Waals surface area contributed by atoms with Gasteiger partial charge in [0.15, 0.2) is 0 Å². The van der Waals surface area contributed by atoms with Gasteiger partial charge in [0.25, 0.3) is 0 Å². The Morgan fingerprint density at radius 1 is 1.50 bits per heavy atom. The van der Waals surface area contributed by atoms with Crippen LogP contribution < -0.4 is 0 Å². The summed E-state index contributed by atoms with van der Waals surface area (Å²) in [6.45, 7) is 6.63. The molecular weight excluding hydrogens is 148 g/mol. The number of unbranched alkanes of at least 4 members (excludes halogenated alkanes) is 1. The van der Waals surface area contributed by atoms with Crippen LogP contribution in [0.15, 0.2) is 12.3 Å². The van der Waals surface area contributed by atoms with Crippen molar-refractivity contribution in [3.05, 3.63) is 12.3 Å². The van der Waals surface area contributed by atoms with Crippen molar-refractivity contribution in [2.24, 2.45) is 5.92 Å². The molecule has 1 heteroatoms. The van der Waals surface area contributed by atoms with E-state index < -0.39 is 0 Å². The monoisotopic (exact) mass is 168 g/mol. The maximum atomic E-state index is 5.59. The molecule has 1 rings (SSSR count). The van der Waals surface area contributed by atoms with Gasteiger partial charge in [0, 0.05) is 5.92 Å². The normalized spacial score (nSPS) is 26.8. The third-order valence-corrected chi connectivity index (χ3v) is 2.78. The second-order valence-electron chi connectivity index (χ2n) is 4.17. The lowest BCUT2D eigenvalue weighted by molar-refractivity contribution is -0.0145. The Kier molecular flexibility index (Phi) is 3.19. The molecule has 1 aliphatic rings. The third kappa shape index (κ3) is 2.26. The van der Waals surface area contributed by atoms with Crippen LogP contribution in [0.3, 0.4) is 0 Å². The van der Waals surface area contributed by atoms with E-state index in [1.54, 1.807) is 0 Å². The fraction of sp³-hybridized carbons (Fsp3) is 0.818. The first-order chi connectivity index (χ1) is 5.67. The quantitative estimate of drug-likeness (QED) is 0.626. The standard InChI is InChI=1S/C11H20O/c1-4-5-7-10-8-6-9-12-11(10,2)3/h6,9-10H,4-5,7-8H2,1-3H3. The van der Waals surface area contributed by atoms with Crippen molar-refractivity contribution in [1.29, 1.82) is 0 Å². The average Bonchev–Trinajstić information content (AvgIpc) is 2.02. The zero-order chi connectivity index (χ0) is 9.03. The molecule has 1 nitrogen and oxygen atoms in total. The van der Waals surface area contributed by atoms with Gasteiger partial charge in [-0.05, 0) is 32.8 Å². The summed E-state index contributed by atoms with van der Waals surface area (Å²) in [5.41, 5.74) is 0.0594. The molecule has 0 aromatic rings. The van der Waals surface area contributed by atoms with E-state index in [9.17, 15) is 0 Å². The molecule has 1 unspecified atom stereocenters. The van der Waals surface area contributed by atoms with Crippen LogP contribution in [0.25, 0.3) is 0 Å². The van der Waals surface area contributed by atoms with Crippen LogP contribution in [-0.4, -0.2) is 5.60 Å². The minimum absolute atomic E-state index is 0.0594. The van der Waals surface area contributed by atoms with Crippen LogP contribution in [0, 0.1) is 5.92 Å². The lowest BCUT2D eigenvalue weighted by Crippen LogP contribution is -2.34. The first kappa shape index (κ1) is 9.63. The maximum absolute atomic E-state index is 5.59. The maximum Gasteiger partial charge on any atom is 0.106 e. The van der Waals surface area contributed by atoms with Crippen LogP contribution in [0.4, 0.5) is 0 Å². The highest BCUT2D eigenvalue weighted by molar-refractivity contribution is 4.93. The number of rotatable bonds is 3. The minimum Gasteiger partial charge on any atom is -0.496 e. The minimum atomic E-state index is 0.0594. The van der Waals surface area contributed by atoms with Crippen molar-refractivity contribution >= 4 is 0 Å². The molecule has 1 aliphatic heterocycles. The molecule has 0 aliphatic carbocycles. The lowest BCUT2D eigenvalue weighted by atomic mass is 9.83. The highest BCUT2D eigenvalue weighted by Crippen LogP contribution is 2.32. The van der Waals surface area contributed by atoms with E-state index in [2.05, 4.69) is 26.8 Å². The smallest absolute Gasteiger partial charge is 0.106 e. The summed E-state index contributed by atoms with van der Waals surface area (Å²) < 4.78 is 5.59. The summed E-state index contributed by atoms with van der Waals surface area (Å²) in [5, 5.41) is 0. The predicted molar refractivity (Wildman–Crippen MR) is 51.9 cm³/mol. The molecule has 1 atom stereocenters. The fourth-order valence-corrected chi connectivity index (χ4v) is 1.74. The number of allylic oxidation sites excluding steroid dienone is 1. The Balaban J connectivity index is 2.45. The van der Waals surface area contributed by atoms with E-state index in [1.807, 2.05) is 6.26 Å². The second kappa shape index (κ2) is 3.97. The average molecular weight is 168 g/mol. The van der Waals surface area contributed by atoms with Gasteiger partial charge in [-0.1, -0.05) is 19.8 Å². The lowest BCUT2D eigenvalue weighted by Gasteiger charge is -2.36. The Bertz CT molecular complexity index is 158. The van der Waals surface area contributed by atoms with Gasteiger partial charge in [-0.2, -0.15) is 0 Å². The third-order valence-electron chi connectivity index (χ3n) is 2.78. The zero-order valence-corrected chi connectivity index (χ0v) is 8.47. The van der Waals surface area contributed by atoms with Gasteiger partial charge in [-0.25, -0.2) is 0 Å². The molecule has 0 fully saturated rings. The Morgan fingerprint density at radius 3 is 2.83 bits per heavy atom. The summed E-state index contributed by atoms with van der Waals surface area (Å²) in [4.78, 5) is 0. The van der Waals surface area contributed by atoms with Gasteiger partial charge in [0.05, 0.1) is 6.26 Å². The second-order valence-corrected chi connectivity index (χ2v) is 4.17. The molecule has 0 saturated carbocycles. The summed E-state index contributed by atoms with van der Waals surface area (Å²) >= 11 is 0. The van der Waals surface area contributed by atoms with Crippen molar-refractivity contribution in [2.75, 3.05) is 0 Å². The highest BCUT2D eigenvalue weighted by atomic mass is 16.5. The van der Waals surface area contributed by atoms with Gasteiger partial charge in [-0.3, -0.25) is 0 Å². The van der Waals surface area contributed by atoms with E-state index in [0.29, 0.717) is 5.92 Å². The Hall–Kier alpha value is -0.460. The van der Waals surface area contributed by atoms with E-state index in [1.165, 1.54) is 25.7 Å². The molecule has 0 spiro atoms. The van der Waals surface area contributed by atoms with Crippen LogP contribution in [0.2, 0.25) is 0 Å². The van der Waals surface area contributed by atoms with Gasteiger partial charge in [0.2, 0.25) is 0 Å². The van der Waals surface area contributed by atoms with Gasteiger partial charge < -0.3 is 4.74 Å². The molecule has 1 heterocycles. The Labute approximate surface area is 75.8 Å². The molecule has 70 valence electrons. The first-order valence-corrected chi connectivity index (χ1v) is 4.99. The van der Waals surface area contributed by atoms with Crippen molar-refractivity contribution in [2.45, 2.75) is 52.1 Å². The summed E-state index contributed by atoms with van der Waals surface area (Å²) in [7, 11) is 0. The van der Waals surface area contributed by atoms with E-state index in [0.717, 1.165) is 0 Å². The van der Waals surface area contributed by atoms with E-state index in [-0.39, 0.29) is 5.60 Å². The topological polar surface area (TPSA) is 9.23 Å². The van der Waals surface area contributed by atoms with Gasteiger partial charge in [-0.15, -0.1) is 0 Å². The number of hydrogen-bond donors (Lipinski definition) is 0. The zero-order valence-electron chi connectivity index (χ0n) is 8.47. The van der Waals surface area contributed by atoms with E-state index in [4.69, 9.17) is 4.74 Å². The molecule has 12 heavy (non-hydrogen) atoms. The molecule has 0 aromatic carbocycles. The van der Waals surface area contributed by atoms with Crippen LogP contribution in [-0.2, 0) is 4.74 Å². The summed E-state index contributed by atoms with van der Waals surface area (Å²) in [6.07, 6.45) is 9.09. The number of ether oxygens (including phenoxy) is 1. The molecule has 0 amide bonds. The van der Waals surface area contributed by atoms with Gasteiger partial charge >= 0.3 is 0 Å². The van der Waals surface area contributed by atoms with Crippen LogP contribution in [0.1, 0.15) is 46.5 Å². The summed E-state index contributed by atoms with van der Waals surface area (Å²) in [5.74, 6) is 0.711. The van der Waals surface area contributed by atoms with Crippen LogP contribution in [0.5, 0.6) is 0 Å². The molecule has 0 bridgehead atoms. The summed E-state index contributed by atoms with van der Waals surface area (Å²) in [6, 6.07) is 0. The first-order valence-electron chi connectivity index (χ1n) is 4.99. The predicted octanol–water partition coefficient (Wildman–Crippen LogP) is 3.51. The highest BCUT2D eigenvalue weighted by Gasteiger charge is 2.30. The largest absolute Gasteiger partial charge is 0.496 e. The van der Waals surface area contributed by atoms with Crippen molar-refractivity contribution in [3.63, 3.8) is 0 Å². The van der Waals surface area contributed by atoms with E-state index >= 15 is 0 Å². The van der Waals surface area contributed by atoms with Crippen LogP contribution >= 0.6 is 0 Å². The number of hydrogen-bond acceptors (Lipinski definition) is 1. The van der Waals surface area contributed by atoms with Gasteiger partial charge in [0.1, 0.15) is 5.60 Å². The van der Waals surface area contributed by atoms with Crippen molar-refractivity contribution in [3.8, 4) is 0 Å². The fourth-order valence-electron chi connectivity index (χ4n) is 1.74. The molecule has 0 radical (unpaired) electrons.